The van der Waals surface area contributed by atoms with Gasteiger partial charge in [-0.1, -0.05) is 38.1 Å². The summed E-state index contributed by atoms with van der Waals surface area (Å²) in [5, 5.41) is 12.5. The van der Waals surface area contributed by atoms with Crippen LogP contribution in [0.25, 0.3) is 11.1 Å². The first-order valence-electron chi connectivity index (χ1n) is 13.7. The smallest absolute Gasteiger partial charge is 0.305 e. The molecule has 1 fully saturated rings. The van der Waals surface area contributed by atoms with Crippen LogP contribution in [0.3, 0.4) is 0 Å². The van der Waals surface area contributed by atoms with Gasteiger partial charge in [0.05, 0.1) is 25.6 Å². The van der Waals surface area contributed by atoms with Crippen molar-refractivity contribution in [2.24, 2.45) is 5.92 Å². The Labute approximate surface area is 238 Å². The number of amides is 1. The summed E-state index contributed by atoms with van der Waals surface area (Å²) in [7, 11) is 0. The van der Waals surface area contributed by atoms with Gasteiger partial charge in [0.15, 0.2) is 0 Å². The number of likely N-dealkylation sites (tertiary alicyclic amines) is 1. The lowest BCUT2D eigenvalue weighted by molar-refractivity contribution is -0.138. The topological polar surface area (TPSA) is 105 Å². The summed E-state index contributed by atoms with van der Waals surface area (Å²) in [6.07, 6.45) is 4.73. The number of nitrogens with zero attached hydrogens (tertiary/aromatic N) is 3. The van der Waals surface area contributed by atoms with Crippen molar-refractivity contribution in [3.05, 3.63) is 87.6 Å². The fraction of sp³-hybridized carbons (Fsp3) is 0.419. The zero-order chi connectivity index (χ0) is 29.9. The first-order valence-corrected chi connectivity index (χ1v) is 13.7. The molecule has 3 aromatic rings. The molecule has 0 unspecified atom stereocenters. The van der Waals surface area contributed by atoms with E-state index in [1.54, 1.807) is 23.4 Å². The van der Waals surface area contributed by atoms with E-state index in [-0.39, 0.29) is 32.0 Å². The van der Waals surface area contributed by atoms with E-state index >= 15 is 0 Å². The maximum Gasteiger partial charge on any atom is 0.305 e. The minimum absolute atomic E-state index is 0.0299. The van der Waals surface area contributed by atoms with E-state index in [1.807, 2.05) is 52.0 Å². The van der Waals surface area contributed by atoms with Crippen LogP contribution in [0, 0.1) is 19.8 Å². The molecule has 3 heterocycles. The third-order valence-electron chi connectivity index (χ3n) is 7.28. The number of benzene rings is 1. The standard InChI is InChI=1S/C31H36F2N4O4/c1-19(2)10-26(37-16-22(8-9-27(37)38)15-36-17-31(32,33)18-36)30(41)35-25(12-28(39)40)23-11-24(14-34-13-23)29-20(3)6-5-7-21(29)4/h5-9,11,13-14,16,19,25-26H,10,12,15,17-18H2,1-4H3,(H,35,41)(H,39,40)/t25-,26+/m0/s1. The van der Waals surface area contributed by atoms with E-state index in [0.717, 1.165) is 22.3 Å². The number of carbonyl (C=O) groups is 2. The Morgan fingerprint density at radius 1 is 1.10 bits per heavy atom. The third kappa shape index (κ3) is 7.43. The van der Waals surface area contributed by atoms with Crippen LogP contribution in [-0.4, -0.2) is 50.4 Å². The number of carboxylic acids is 1. The minimum atomic E-state index is -2.71. The zero-order valence-electron chi connectivity index (χ0n) is 23.7. The number of nitrogens with one attached hydrogen (secondary N) is 1. The number of aromatic nitrogens is 2. The van der Waals surface area contributed by atoms with Crippen LogP contribution in [-0.2, 0) is 16.1 Å². The van der Waals surface area contributed by atoms with Crippen molar-refractivity contribution in [1.29, 1.82) is 0 Å². The molecule has 2 atom stereocenters. The number of aliphatic carboxylic acids is 1. The molecular weight excluding hydrogens is 530 g/mol. The van der Waals surface area contributed by atoms with Gasteiger partial charge >= 0.3 is 5.97 Å². The summed E-state index contributed by atoms with van der Waals surface area (Å²) in [6, 6.07) is 8.87. The van der Waals surface area contributed by atoms with Crippen LogP contribution < -0.4 is 10.9 Å². The van der Waals surface area contributed by atoms with Crippen molar-refractivity contribution in [3.8, 4) is 11.1 Å². The summed E-state index contributed by atoms with van der Waals surface area (Å²) in [4.78, 5) is 44.4. The average molecular weight is 567 g/mol. The number of rotatable bonds is 11. The SMILES string of the molecule is Cc1cccc(C)c1-c1cncc([C@H](CC(=O)O)NC(=O)[C@@H](CC(C)C)n2cc(CN3CC(F)(F)C3)ccc2=O)c1. The molecule has 0 aliphatic carbocycles. The van der Waals surface area contributed by atoms with Crippen LogP contribution >= 0.6 is 0 Å². The lowest BCUT2D eigenvalue weighted by Gasteiger charge is -2.38. The highest BCUT2D eigenvalue weighted by Gasteiger charge is 2.43. The summed E-state index contributed by atoms with van der Waals surface area (Å²) >= 11 is 0. The van der Waals surface area contributed by atoms with Crippen LogP contribution in [0.5, 0.6) is 0 Å². The second kappa shape index (κ2) is 12.3. The maximum absolute atomic E-state index is 13.8. The molecule has 8 nitrogen and oxygen atoms in total. The molecule has 1 aliphatic rings. The molecule has 0 radical (unpaired) electrons. The van der Waals surface area contributed by atoms with E-state index in [1.165, 1.54) is 16.8 Å². The number of carboxylic acid groups (broad SMARTS) is 1. The number of alkyl halides is 2. The largest absolute Gasteiger partial charge is 0.481 e. The Bertz CT molecular complexity index is 1460. The lowest BCUT2D eigenvalue weighted by Crippen LogP contribution is -2.55. The quantitative estimate of drug-likeness (QED) is 0.342. The van der Waals surface area contributed by atoms with E-state index in [4.69, 9.17) is 0 Å². The van der Waals surface area contributed by atoms with Gasteiger partial charge in [0, 0.05) is 36.8 Å². The number of hydrogen-bond acceptors (Lipinski definition) is 5. The fourth-order valence-electron chi connectivity index (χ4n) is 5.41. The van der Waals surface area contributed by atoms with Crippen LogP contribution in [0.2, 0.25) is 0 Å². The molecular formula is C31H36F2N4O4. The summed E-state index contributed by atoms with van der Waals surface area (Å²) < 4.78 is 28.0. The van der Waals surface area contributed by atoms with Gasteiger partial charge < -0.3 is 15.0 Å². The van der Waals surface area contributed by atoms with E-state index in [2.05, 4.69) is 10.3 Å². The molecule has 4 rings (SSSR count). The molecule has 2 N–H and O–H groups in total. The molecule has 0 saturated carbocycles. The highest BCUT2D eigenvalue weighted by Crippen LogP contribution is 2.30. The number of hydrogen-bond donors (Lipinski definition) is 2. The maximum atomic E-state index is 13.8. The van der Waals surface area contributed by atoms with Crippen molar-refractivity contribution in [2.45, 2.75) is 65.1 Å². The molecule has 41 heavy (non-hydrogen) atoms. The van der Waals surface area contributed by atoms with Crippen LogP contribution in [0.1, 0.15) is 61.0 Å². The van der Waals surface area contributed by atoms with Crippen LogP contribution in [0.4, 0.5) is 8.78 Å². The Balaban J connectivity index is 1.63. The third-order valence-corrected chi connectivity index (χ3v) is 7.28. The molecule has 218 valence electrons. The summed E-state index contributed by atoms with van der Waals surface area (Å²) in [6.45, 7) is 7.34. The van der Waals surface area contributed by atoms with Crippen molar-refractivity contribution in [1.82, 2.24) is 19.8 Å². The normalized spacial score (nSPS) is 16.2. The first kappa shape index (κ1) is 30.0. The zero-order valence-corrected chi connectivity index (χ0v) is 23.7. The molecule has 0 bridgehead atoms. The van der Waals surface area contributed by atoms with Crippen molar-refractivity contribution in [3.63, 3.8) is 0 Å². The molecule has 10 heteroatoms. The van der Waals surface area contributed by atoms with Gasteiger partial charge in [-0.15, -0.1) is 0 Å². The summed E-state index contributed by atoms with van der Waals surface area (Å²) in [5.41, 5.74) is 4.64. The minimum Gasteiger partial charge on any atom is -0.481 e. The molecule has 1 saturated heterocycles. The van der Waals surface area contributed by atoms with Gasteiger partial charge in [-0.25, -0.2) is 8.78 Å². The van der Waals surface area contributed by atoms with E-state index in [9.17, 15) is 28.3 Å². The van der Waals surface area contributed by atoms with Crippen LogP contribution in [0.15, 0.2) is 59.8 Å². The molecule has 1 amide bonds. The molecule has 1 aliphatic heterocycles. The van der Waals surface area contributed by atoms with Gasteiger partial charge in [0.25, 0.3) is 11.5 Å². The van der Waals surface area contributed by atoms with Gasteiger partial charge in [-0.2, -0.15) is 0 Å². The number of aryl methyl sites for hydroxylation is 2. The molecule has 1 aromatic carbocycles. The molecule has 2 aromatic heterocycles. The predicted molar refractivity (Wildman–Crippen MR) is 152 cm³/mol. The lowest BCUT2D eigenvalue weighted by atomic mass is 9.94. The summed E-state index contributed by atoms with van der Waals surface area (Å²) in [5.74, 6) is -4.28. The Morgan fingerprint density at radius 2 is 1.78 bits per heavy atom. The van der Waals surface area contributed by atoms with E-state index < -0.39 is 35.4 Å². The highest BCUT2D eigenvalue weighted by molar-refractivity contribution is 5.82. The number of halogens is 2. The van der Waals surface area contributed by atoms with Crippen molar-refractivity contribution < 1.29 is 23.5 Å². The molecule has 0 spiro atoms. The fourth-order valence-corrected chi connectivity index (χ4v) is 5.41. The Hall–Kier alpha value is -3.92. The highest BCUT2D eigenvalue weighted by atomic mass is 19.3. The Morgan fingerprint density at radius 3 is 2.39 bits per heavy atom. The second-order valence-corrected chi connectivity index (χ2v) is 11.4. The monoisotopic (exact) mass is 566 g/mol. The second-order valence-electron chi connectivity index (χ2n) is 11.4. The van der Waals surface area contributed by atoms with Gasteiger partial charge in [-0.3, -0.25) is 24.3 Å². The number of pyridine rings is 2. The predicted octanol–water partition coefficient (Wildman–Crippen LogP) is 4.90. The number of carbonyl (C=O) groups excluding carboxylic acids is 1. The van der Waals surface area contributed by atoms with Gasteiger partial charge in [-0.05, 0) is 60.1 Å². The van der Waals surface area contributed by atoms with Crippen molar-refractivity contribution >= 4 is 11.9 Å². The van der Waals surface area contributed by atoms with Crippen molar-refractivity contribution in [2.75, 3.05) is 13.1 Å². The average Bonchev–Trinajstić information content (AvgIpc) is 2.87. The Kier molecular flexibility index (Phi) is 9.01. The first-order chi connectivity index (χ1) is 19.3. The van der Waals surface area contributed by atoms with E-state index in [0.29, 0.717) is 17.5 Å². The van der Waals surface area contributed by atoms with Gasteiger partial charge in [0.1, 0.15) is 6.04 Å². The van der Waals surface area contributed by atoms with Gasteiger partial charge in [0.2, 0.25) is 5.91 Å².